The molecular formula is C15H15N3O2S. The van der Waals surface area contributed by atoms with Gasteiger partial charge >= 0.3 is 5.97 Å². The average molecular weight is 301 g/mol. The standard InChI is InChI=1S/C15H15N3O2S/c1-10(2)13-7-14(21-9-15(19)20)18(17-13)12-5-3-4-11(6-12)8-16/h3-7,10H,9H2,1-2H3,(H,19,20). The molecule has 1 aromatic heterocycles. The van der Waals surface area contributed by atoms with Crippen LogP contribution in [-0.4, -0.2) is 26.6 Å². The molecule has 108 valence electrons. The van der Waals surface area contributed by atoms with Gasteiger partial charge in [0, 0.05) is 0 Å². The maximum Gasteiger partial charge on any atom is 0.313 e. The van der Waals surface area contributed by atoms with E-state index in [1.165, 1.54) is 11.8 Å². The first-order valence-corrected chi connectivity index (χ1v) is 7.45. The number of nitrogens with zero attached hydrogens (tertiary/aromatic N) is 3. The van der Waals surface area contributed by atoms with E-state index in [9.17, 15) is 4.79 Å². The molecular weight excluding hydrogens is 286 g/mol. The van der Waals surface area contributed by atoms with Crippen LogP contribution in [-0.2, 0) is 4.79 Å². The van der Waals surface area contributed by atoms with E-state index in [1.54, 1.807) is 22.9 Å². The van der Waals surface area contributed by atoms with Gasteiger partial charge in [-0.1, -0.05) is 31.7 Å². The van der Waals surface area contributed by atoms with Crippen LogP contribution in [0.25, 0.3) is 5.69 Å². The lowest BCUT2D eigenvalue weighted by Gasteiger charge is -2.06. The smallest absolute Gasteiger partial charge is 0.313 e. The number of aliphatic carboxylic acids is 1. The molecule has 0 aliphatic rings. The van der Waals surface area contributed by atoms with E-state index in [4.69, 9.17) is 10.4 Å². The first-order chi connectivity index (χ1) is 10.0. The van der Waals surface area contributed by atoms with Crippen LogP contribution in [0.5, 0.6) is 0 Å². The lowest BCUT2D eigenvalue weighted by atomic mass is 10.1. The van der Waals surface area contributed by atoms with Crippen LogP contribution in [0.2, 0.25) is 0 Å². The molecule has 2 aromatic rings. The summed E-state index contributed by atoms with van der Waals surface area (Å²) < 4.78 is 1.70. The van der Waals surface area contributed by atoms with Gasteiger partial charge in [-0.25, -0.2) is 4.68 Å². The van der Waals surface area contributed by atoms with Gasteiger partial charge < -0.3 is 5.11 Å². The Morgan fingerprint density at radius 3 is 2.86 bits per heavy atom. The van der Waals surface area contributed by atoms with Crippen molar-refractivity contribution in [2.24, 2.45) is 0 Å². The molecule has 0 fully saturated rings. The fraction of sp³-hybridized carbons (Fsp3) is 0.267. The zero-order valence-corrected chi connectivity index (χ0v) is 12.6. The minimum Gasteiger partial charge on any atom is -0.481 e. The lowest BCUT2D eigenvalue weighted by Crippen LogP contribution is -2.03. The van der Waals surface area contributed by atoms with E-state index < -0.39 is 5.97 Å². The van der Waals surface area contributed by atoms with Crippen LogP contribution in [0, 0.1) is 11.3 Å². The zero-order valence-electron chi connectivity index (χ0n) is 11.8. The van der Waals surface area contributed by atoms with Crippen molar-refractivity contribution in [3.05, 3.63) is 41.6 Å². The number of hydrogen-bond donors (Lipinski definition) is 1. The highest BCUT2D eigenvalue weighted by Gasteiger charge is 2.14. The SMILES string of the molecule is CC(C)c1cc(SCC(=O)O)n(-c2cccc(C#N)c2)n1. The van der Waals surface area contributed by atoms with Gasteiger partial charge in [-0.2, -0.15) is 10.4 Å². The summed E-state index contributed by atoms with van der Waals surface area (Å²) in [6.07, 6.45) is 0. The summed E-state index contributed by atoms with van der Waals surface area (Å²) in [5, 5.41) is 23.1. The highest BCUT2D eigenvalue weighted by molar-refractivity contribution is 7.99. The van der Waals surface area contributed by atoms with E-state index in [-0.39, 0.29) is 11.7 Å². The molecule has 0 aliphatic heterocycles. The molecule has 0 saturated heterocycles. The van der Waals surface area contributed by atoms with Crippen LogP contribution in [0.15, 0.2) is 35.4 Å². The second-order valence-corrected chi connectivity index (χ2v) is 5.81. The zero-order chi connectivity index (χ0) is 15.4. The van der Waals surface area contributed by atoms with Crippen LogP contribution in [0.1, 0.15) is 31.0 Å². The van der Waals surface area contributed by atoms with Gasteiger partial charge in [-0.3, -0.25) is 4.79 Å². The highest BCUT2D eigenvalue weighted by atomic mass is 32.2. The maximum absolute atomic E-state index is 10.8. The van der Waals surface area contributed by atoms with Crippen molar-refractivity contribution in [2.75, 3.05) is 5.75 Å². The fourth-order valence-corrected chi connectivity index (χ4v) is 2.54. The Bertz CT molecular complexity index is 701. The fourth-order valence-electron chi connectivity index (χ4n) is 1.79. The summed E-state index contributed by atoms with van der Waals surface area (Å²) in [7, 11) is 0. The van der Waals surface area contributed by atoms with E-state index in [0.29, 0.717) is 5.56 Å². The maximum atomic E-state index is 10.8. The van der Waals surface area contributed by atoms with E-state index in [1.807, 2.05) is 26.0 Å². The third-order valence-electron chi connectivity index (χ3n) is 2.85. The van der Waals surface area contributed by atoms with Crippen molar-refractivity contribution < 1.29 is 9.90 Å². The number of thioether (sulfide) groups is 1. The van der Waals surface area contributed by atoms with Crippen molar-refractivity contribution in [3.8, 4) is 11.8 Å². The Morgan fingerprint density at radius 2 is 2.24 bits per heavy atom. The quantitative estimate of drug-likeness (QED) is 0.859. The Balaban J connectivity index is 2.44. The number of benzene rings is 1. The summed E-state index contributed by atoms with van der Waals surface area (Å²) in [5.74, 6) is -0.652. The second kappa shape index (κ2) is 6.46. The van der Waals surface area contributed by atoms with Crippen LogP contribution in [0.4, 0.5) is 0 Å². The monoisotopic (exact) mass is 301 g/mol. The molecule has 0 saturated carbocycles. The Hall–Kier alpha value is -2.26. The molecule has 1 heterocycles. The number of carbonyl (C=O) groups is 1. The number of aromatic nitrogens is 2. The molecule has 1 N–H and O–H groups in total. The number of carboxylic acids is 1. The summed E-state index contributed by atoms with van der Waals surface area (Å²) in [6.45, 7) is 4.06. The van der Waals surface area contributed by atoms with E-state index in [2.05, 4.69) is 11.2 Å². The summed E-state index contributed by atoms with van der Waals surface area (Å²) in [4.78, 5) is 10.8. The average Bonchev–Trinajstić information content (AvgIpc) is 2.89. The molecule has 0 radical (unpaired) electrons. The molecule has 1 aromatic carbocycles. The van der Waals surface area contributed by atoms with Gasteiger partial charge in [0.25, 0.3) is 0 Å². The van der Waals surface area contributed by atoms with Gasteiger partial charge in [0.1, 0.15) is 5.03 Å². The van der Waals surface area contributed by atoms with Gasteiger partial charge in [0.2, 0.25) is 0 Å². The van der Waals surface area contributed by atoms with Crippen molar-refractivity contribution >= 4 is 17.7 Å². The first kappa shape index (κ1) is 15.1. The lowest BCUT2D eigenvalue weighted by molar-refractivity contribution is -0.133. The van der Waals surface area contributed by atoms with Gasteiger partial charge in [-0.05, 0) is 30.2 Å². The molecule has 2 rings (SSSR count). The summed E-state index contributed by atoms with van der Waals surface area (Å²) in [6, 6.07) is 11.1. The molecule has 0 aliphatic carbocycles. The number of hydrogen-bond acceptors (Lipinski definition) is 4. The third kappa shape index (κ3) is 3.64. The van der Waals surface area contributed by atoms with E-state index in [0.717, 1.165) is 16.4 Å². The molecule has 21 heavy (non-hydrogen) atoms. The third-order valence-corrected chi connectivity index (χ3v) is 3.83. The van der Waals surface area contributed by atoms with Crippen LogP contribution >= 0.6 is 11.8 Å². The van der Waals surface area contributed by atoms with Gasteiger partial charge in [0.05, 0.1) is 28.8 Å². The number of rotatable bonds is 5. The molecule has 0 amide bonds. The molecule has 0 atom stereocenters. The first-order valence-electron chi connectivity index (χ1n) is 6.46. The molecule has 6 heteroatoms. The predicted octanol–water partition coefficient (Wildman–Crippen LogP) is 3.04. The summed E-state index contributed by atoms with van der Waals surface area (Å²) in [5.41, 5.74) is 2.20. The predicted molar refractivity (Wildman–Crippen MR) is 80.7 cm³/mol. The Morgan fingerprint density at radius 1 is 1.48 bits per heavy atom. The second-order valence-electron chi connectivity index (χ2n) is 4.82. The van der Waals surface area contributed by atoms with Crippen molar-refractivity contribution in [1.82, 2.24) is 9.78 Å². The summed E-state index contributed by atoms with van der Waals surface area (Å²) >= 11 is 1.22. The molecule has 0 spiro atoms. The normalized spacial score (nSPS) is 10.6. The van der Waals surface area contributed by atoms with Gasteiger partial charge in [-0.15, -0.1) is 0 Å². The Labute approximate surface area is 127 Å². The van der Waals surface area contributed by atoms with Crippen molar-refractivity contribution in [3.63, 3.8) is 0 Å². The minimum atomic E-state index is -0.871. The highest BCUT2D eigenvalue weighted by Crippen LogP contribution is 2.26. The van der Waals surface area contributed by atoms with Crippen LogP contribution in [0.3, 0.4) is 0 Å². The largest absolute Gasteiger partial charge is 0.481 e. The van der Waals surface area contributed by atoms with Crippen molar-refractivity contribution in [2.45, 2.75) is 24.8 Å². The molecule has 0 bridgehead atoms. The number of nitriles is 1. The van der Waals surface area contributed by atoms with Crippen molar-refractivity contribution in [1.29, 1.82) is 5.26 Å². The van der Waals surface area contributed by atoms with Gasteiger partial charge in [0.15, 0.2) is 0 Å². The molecule has 5 nitrogen and oxygen atoms in total. The van der Waals surface area contributed by atoms with Crippen LogP contribution < -0.4 is 0 Å². The Kier molecular flexibility index (Phi) is 4.66. The van der Waals surface area contributed by atoms with E-state index >= 15 is 0 Å². The minimum absolute atomic E-state index is 0.0266. The number of carboxylic acid groups (broad SMARTS) is 1. The topological polar surface area (TPSA) is 78.9 Å². The molecule has 0 unspecified atom stereocenters.